The van der Waals surface area contributed by atoms with Gasteiger partial charge in [-0.3, -0.25) is 4.79 Å². The Morgan fingerprint density at radius 2 is 1.88 bits per heavy atom. The van der Waals surface area contributed by atoms with E-state index in [1.807, 2.05) is 29.6 Å². The molecule has 17 heavy (non-hydrogen) atoms. The number of ketones is 1. The maximum absolute atomic E-state index is 11.8. The Morgan fingerprint density at radius 3 is 2.53 bits per heavy atom. The average Bonchev–Trinajstić information content (AvgIpc) is 2.83. The molecule has 0 aliphatic carbocycles. The zero-order chi connectivity index (χ0) is 12.1. The van der Waals surface area contributed by atoms with Gasteiger partial charge in [0.25, 0.3) is 0 Å². The first-order valence-electron chi connectivity index (χ1n) is 5.51. The zero-order valence-corrected chi connectivity index (χ0v) is 10.9. The van der Waals surface area contributed by atoms with E-state index in [9.17, 15) is 4.79 Å². The average molecular weight is 265 g/mol. The zero-order valence-electron chi connectivity index (χ0n) is 9.36. The van der Waals surface area contributed by atoms with Crippen LogP contribution in [-0.2, 0) is 17.6 Å². The number of halogens is 1. The molecule has 0 saturated carbocycles. The van der Waals surface area contributed by atoms with Crippen LogP contribution in [0.25, 0.3) is 0 Å². The van der Waals surface area contributed by atoms with Crippen LogP contribution >= 0.6 is 22.9 Å². The first-order valence-corrected chi connectivity index (χ1v) is 6.83. The number of carbonyl (C=O) groups is 1. The number of Topliss-reactive ketones (excluding diaryl/α,β-unsaturated/α-hetero) is 1. The third-order valence-corrected chi connectivity index (χ3v) is 3.57. The number of rotatable bonds is 5. The van der Waals surface area contributed by atoms with Crippen molar-refractivity contribution in [1.82, 2.24) is 0 Å². The standard InChI is InChI=1S/C14H13ClOS/c15-13-4-1-11(2-5-13)9-14(16)6-3-12-7-8-17-10-12/h1-2,4-5,7-8,10H,3,6,9H2. The Hall–Kier alpha value is -1.12. The van der Waals surface area contributed by atoms with Gasteiger partial charge in [0.1, 0.15) is 5.78 Å². The van der Waals surface area contributed by atoms with Gasteiger partial charge in [0.2, 0.25) is 0 Å². The van der Waals surface area contributed by atoms with Gasteiger partial charge in [0.15, 0.2) is 0 Å². The van der Waals surface area contributed by atoms with Crippen molar-refractivity contribution in [3.8, 4) is 0 Å². The Balaban J connectivity index is 1.83. The number of benzene rings is 1. The fraction of sp³-hybridized carbons (Fsp3) is 0.214. The highest BCUT2D eigenvalue weighted by atomic mass is 35.5. The van der Waals surface area contributed by atoms with Crippen LogP contribution in [0.4, 0.5) is 0 Å². The lowest BCUT2D eigenvalue weighted by atomic mass is 10.0. The third kappa shape index (κ3) is 3.99. The van der Waals surface area contributed by atoms with Gasteiger partial charge < -0.3 is 0 Å². The van der Waals surface area contributed by atoms with Crippen LogP contribution in [0, 0.1) is 0 Å². The summed E-state index contributed by atoms with van der Waals surface area (Å²) in [5.41, 5.74) is 2.28. The normalized spacial score (nSPS) is 10.4. The van der Waals surface area contributed by atoms with E-state index < -0.39 is 0 Å². The van der Waals surface area contributed by atoms with Gasteiger partial charge >= 0.3 is 0 Å². The lowest BCUT2D eigenvalue weighted by Gasteiger charge is -2.01. The molecular formula is C14H13ClOS. The number of thiophene rings is 1. The molecule has 0 saturated heterocycles. The molecule has 0 spiro atoms. The molecule has 1 nitrogen and oxygen atoms in total. The first-order chi connectivity index (χ1) is 8.24. The molecule has 1 aromatic carbocycles. The van der Waals surface area contributed by atoms with Crippen LogP contribution in [0.3, 0.4) is 0 Å². The van der Waals surface area contributed by atoms with Gasteiger partial charge in [-0.2, -0.15) is 11.3 Å². The van der Waals surface area contributed by atoms with Crippen LogP contribution in [0.5, 0.6) is 0 Å². The van der Waals surface area contributed by atoms with E-state index in [1.165, 1.54) is 5.56 Å². The Labute approximate surface area is 110 Å². The first kappa shape index (κ1) is 12.3. The number of carbonyl (C=O) groups excluding carboxylic acids is 1. The minimum atomic E-state index is 0.276. The van der Waals surface area contributed by atoms with E-state index >= 15 is 0 Å². The fourth-order valence-corrected chi connectivity index (χ4v) is 2.47. The summed E-state index contributed by atoms with van der Waals surface area (Å²) in [5.74, 6) is 0.276. The minimum Gasteiger partial charge on any atom is -0.299 e. The van der Waals surface area contributed by atoms with Crippen LogP contribution in [0.1, 0.15) is 17.5 Å². The highest BCUT2D eigenvalue weighted by Gasteiger charge is 2.04. The minimum absolute atomic E-state index is 0.276. The topological polar surface area (TPSA) is 17.1 Å². The number of aryl methyl sites for hydroxylation is 1. The predicted octanol–water partition coefficient (Wildman–Crippen LogP) is 4.15. The van der Waals surface area contributed by atoms with E-state index in [2.05, 4.69) is 11.4 Å². The molecule has 0 radical (unpaired) electrons. The Morgan fingerprint density at radius 1 is 1.12 bits per heavy atom. The van der Waals surface area contributed by atoms with Gasteiger partial charge in [-0.05, 0) is 46.5 Å². The molecule has 3 heteroatoms. The smallest absolute Gasteiger partial charge is 0.137 e. The van der Waals surface area contributed by atoms with Crippen molar-refractivity contribution in [3.63, 3.8) is 0 Å². The van der Waals surface area contributed by atoms with E-state index in [4.69, 9.17) is 11.6 Å². The van der Waals surface area contributed by atoms with Gasteiger partial charge in [-0.15, -0.1) is 0 Å². The molecule has 0 N–H and O–H groups in total. The van der Waals surface area contributed by atoms with Crippen molar-refractivity contribution < 1.29 is 4.79 Å². The van der Waals surface area contributed by atoms with Gasteiger partial charge in [0, 0.05) is 17.9 Å². The van der Waals surface area contributed by atoms with Crippen LogP contribution in [-0.4, -0.2) is 5.78 Å². The molecule has 1 heterocycles. The summed E-state index contributed by atoms with van der Waals surface area (Å²) in [6, 6.07) is 9.53. The summed E-state index contributed by atoms with van der Waals surface area (Å²) in [7, 11) is 0. The molecular weight excluding hydrogens is 252 g/mol. The highest BCUT2D eigenvalue weighted by Crippen LogP contribution is 2.12. The van der Waals surface area contributed by atoms with Crippen molar-refractivity contribution in [2.75, 3.05) is 0 Å². The molecule has 1 aromatic heterocycles. The highest BCUT2D eigenvalue weighted by molar-refractivity contribution is 7.07. The van der Waals surface area contributed by atoms with Crippen LogP contribution in [0.2, 0.25) is 5.02 Å². The maximum atomic E-state index is 11.8. The second-order valence-corrected chi connectivity index (χ2v) is 5.19. The van der Waals surface area contributed by atoms with Gasteiger partial charge in [-0.1, -0.05) is 23.7 Å². The predicted molar refractivity (Wildman–Crippen MR) is 72.8 cm³/mol. The molecule has 0 atom stereocenters. The fourth-order valence-electron chi connectivity index (χ4n) is 1.64. The van der Waals surface area contributed by atoms with Crippen molar-refractivity contribution in [3.05, 3.63) is 57.2 Å². The Kier molecular flexibility index (Phi) is 4.35. The molecule has 2 aromatic rings. The van der Waals surface area contributed by atoms with Gasteiger partial charge in [-0.25, -0.2) is 0 Å². The van der Waals surface area contributed by atoms with Crippen LogP contribution < -0.4 is 0 Å². The van der Waals surface area contributed by atoms with Crippen LogP contribution in [0.15, 0.2) is 41.1 Å². The molecule has 0 aliphatic heterocycles. The summed E-state index contributed by atoms with van der Waals surface area (Å²) in [6.45, 7) is 0. The quantitative estimate of drug-likeness (QED) is 0.793. The van der Waals surface area contributed by atoms with Crippen molar-refractivity contribution in [2.45, 2.75) is 19.3 Å². The largest absolute Gasteiger partial charge is 0.299 e. The lowest BCUT2D eigenvalue weighted by molar-refractivity contribution is -0.118. The van der Waals surface area contributed by atoms with E-state index in [-0.39, 0.29) is 5.78 Å². The van der Waals surface area contributed by atoms with Crippen molar-refractivity contribution >= 4 is 28.7 Å². The second kappa shape index (κ2) is 5.99. The number of hydrogen-bond donors (Lipinski definition) is 0. The number of hydrogen-bond acceptors (Lipinski definition) is 2. The summed E-state index contributed by atoms with van der Waals surface area (Å²) in [4.78, 5) is 11.8. The summed E-state index contributed by atoms with van der Waals surface area (Å²) in [5, 5.41) is 4.84. The SMILES string of the molecule is O=C(CCc1ccsc1)Cc1ccc(Cl)cc1. The molecule has 2 rings (SSSR count). The third-order valence-electron chi connectivity index (χ3n) is 2.59. The van der Waals surface area contributed by atoms with E-state index in [0.717, 1.165) is 12.0 Å². The summed E-state index contributed by atoms with van der Waals surface area (Å²) in [6.07, 6.45) is 1.95. The van der Waals surface area contributed by atoms with Crippen molar-refractivity contribution in [1.29, 1.82) is 0 Å². The lowest BCUT2D eigenvalue weighted by Crippen LogP contribution is -2.03. The van der Waals surface area contributed by atoms with E-state index in [0.29, 0.717) is 17.9 Å². The van der Waals surface area contributed by atoms with Gasteiger partial charge in [0.05, 0.1) is 0 Å². The second-order valence-electron chi connectivity index (χ2n) is 3.97. The van der Waals surface area contributed by atoms with E-state index in [1.54, 1.807) is 11.3 Å². The van der Waals surface area contributed by atoms with Crippen molar-refractivity contribution in [2.24, 2.45) is 0 Å². The summed E-state index contributed by atoms with van der Waals surface area (Å²) < 4.78 is 0. The monoisotopic (exact) mass is 264 g/mol. The molecule has 0 unspecified atom stereocenters. The maximum Gasteiger partial charge on any atom is 0.137 e. The molecule has 0 aliphatic rings. The molecule has 0 fully saturated rings. The Bertz CT molecular complexity index is 473. The molecule has 0 amide bonds. The molecule has 88 valence electrons. The summed E-state index contributed by atoms with van der Waals surface area (Å²) >= 11 is 7.46. The molecule has 0 bridgehead atoms.